The maximum absolute atomic E-state index is 12.0. The first kappa shape index (κ1) is 36.7. The molecule has 2 nitrogen and oxygen atoms in total. The van der Waals surface area contributed by atoms with Crippen LogP contribution in [0.2, 0.25) is 0 Å². The third kappa shape index (κ3) is 11.8. The minimum Gasteiger partial charge on any atom is -0.353 e. The standard InChI is InChI=1S/C41H75NO/c1-7-39(43)42-37-28-31-41(6)35(24-20-25-36(41)32-37)27-30-40(5)29-21-26-38(40)34(4)23-19-17-15-13-11-9-8-10-12-14-16-18-22-33(2)3/h25,33-35,37-38H,7-24,26-32H2,1-6H3,(H,42,43)/t34-,35?,37?,38?,40?,41?/m0/s1. The van der Waals surface area contributed by atoms with Gasteiger partial charge in [0.25, 0.3) is 0 Å². The SMILES string of the molecule is CCC(=O)NC1CCC2(C)C(=CCCC2CCC2(C)CCCC2[C@@H](C)CCCCCCCCCCCCCCC(C)C)C1. The lowest BCUT2D eigenvalue weighted by molar-refractivity contribution is -0.121. The number of hydrogen-bond donors (Lipinski definition) is 1. The molecule has 3 rings (SSSR count). The fourth-order valence-electron chi connectivity index (χ4n) is 9.74. The number of nitrogens with one attached hydrogen (secondary N) is 1. The fraction of sp³-hybridized carbons (Fsp3) is 0.927. The van der Waals surface area contributed by atoms with Crippen LogP contribution in [-0.2, 0) is 4.79 Å². The number of amides is 1. The average Bonchev–Trinajstić information content (AvgIpc) is 3.37. The van der Waals surface area contributed by atoms with E-state index in [0.717, 1.165) is 36.5 Å². The summed E-state index contributed by atoms with van der Waals surface area (Å²) in [6.45, 7) is 14.5. The first-order chi connectivity index (χ1) is 20.7. The van der Waals surface area contributed by atoms with E-state index in [1.54, 1.807) is 5.57 Å². The van der Waals surface area contributed by atoms with Gasteiger partial charge in [-0.15, -0.1) is 0 Å². The van der Waals surface area contributed by atoms with Gasteiger partial charge in [-0.2, -0.15) is 0 Å². The molecule has 0 aliphatic heterocycles. The second-order valence-corrected chi connectivity index (χ2v) is 16.7. The second kappa shape index (κ2) is 19.0. The van der Waals surface area contributed by atoms with Crippen LogP contribution in [-0.4, -0.2) is 11.9 Å². The maximum atomic E-state index is 12.0. The van der Waals surface area contributed by atoms with Gasteiger partial charge in [0.15, 0.2) is 0 Å². The van der Waals surface area contributed by atoms with Crippen molar-refractivity contribution < 1.29 is 4.79 Å². The number of carbonyl (C=O) groups is 1. The third-order valence-corrected chi connectivity index (χ3v) is 12.8. The molecule has 3 aliphatic carbocycles. The van der Waals surface area contributed by atoms with E-state index in [2.05, 4.69) is 46.0 Å². The second-order valence-electron chi connectivity index (χ2n) is 16.7. The predicted octanol–water partition coefficient (Wildman–Crippen LogP) is 12.7. The van der Waals surface area contributed by atoms with Gasteiger partial charge in [0.2, 0.25) is 5.91 Å². The quantitative estimate of drug-likeness (QED) is 0.103. The van der Waals surface area contributed by atoms with Gasteiger partial charge < -0.3 is 5.32 Å². The number of unbranched alkanes of at least 4 members (excludes halogenated alkanes) is 11. The van der Waals surface area contributed by atoms with Crippen molar-refractivity contribution in [3.63, 3.8) is 0 Å². The van der Waals surface area contributed by atoms with Crippen LogP contribution < -0.4 is 5.32 Å². The molecule has 0 bridgehead atoms. The lowest BCUT2D eigenvalue weighted by Gasteiger charge is -2.49. The van der Waals surface area contributed by atoms with Crippen LogP contribution in [0.4, 0.5) is 0 Å². The molecule has 2 fully saturated rings. The van der Waals surface area contributed by atoms with Gasteiger partial charge in [-0.25, -0.2) is 0 Å². The highest BCUT2D eigenvalue weighted by molar-refractivity contribution is 5.75. The van der Waals surface area contributed by atoms with Crippen molar-refractivity contribution in [1.29, 1.82) is 0 Å². The van der Waals surface area contributed by atoms with Crippen molar-refractivity contribution in [2.45, 2.75) is 208 Å². The molecule has 0 saturated heterocycles. The number of hydrogen-bond acceptors (Lipinski definition) is 1. The number of fused-ring (bicyclic) bond motifs is 1. The topological polar surface area (TPSA) is 29.1 Å². The molecule has 1 amide bonds. The van der Waals surface area contributed by atoms with E-state index in [1.165, 1.54) is 141 Å². The summed E-state index contributed by atoms with van der Waals surface area (Å²) in [7, 11) is 0. The largest absolute Gasteiger partial charge is 0.353 e. The molecule has 0 radical (unpaired) electrons. The van der Waals surface area contributed by atoms with E-state index in [9.17, 15) is 4.79 Å². The Morgan fingerprint density at radius 2 is 1.44 bits per heavy atom. The summed E-state index contributed by atoms with van der Waals surface area (Å²) in [5.41, 5.74) is 2.60. The minimum atomic E-state index is 0.222. The van der Waals surface area contributed by atoms with Crippen molar-refractivity contribution in [2.75, 3.05) is 0 Å². The Hall–Kier alpha value is -0.790. The molecule has 2 heteroatoms. The number of allylic oxidation sites excluding steroid dienone is 1. The first-order valence-corrected chi connectivity index (χ1v) is 19.7. The summed E-state index contributed by atoms with van der Waals surface area (Å²) in [4.78, 5) is 12.0. The Labute approximate surface area is 269 Å². The van der Waals surface area contributed by atoms with Crippen LogP contribution in [0.25, 0.3) is 0 Å². The van der Waals surface area contributed by atoms with Crippen LogP contribution in [0, 0.1) is 34.5 Å². The van der Waals surface area contributed by atoms with Crippen molar-refractivity contribution in [3.05, 3.63) is 11.6 Å². The number of rotatable bonds is 21. The van der Waals surface area contributed by atoms with Crippen LogP contribution in [0.5, 0.6) is 0 Å². The highest BCUT2D eigenvalue weighted by atomic mass is 16.1. The molecule has 0 aromatic carbocycles. The molecule has 6 atom stereocenters. The molecular formula is C41H75NO. The predicted molar refractivity (Wildman–Crippen MR) is 188 cm³/mol. The van der Waals surface area contributed by atoms with Gasteiger partial charge in [0.1, 0.15) is 0 Å². The van der Waals surface area contributed by atoms with Crippen molar-refractivity contribution in [2.24, 2.45) is 34.5 Å². The molecule has 0 spiro atoms. The van der Waals surface area contributed by atoms with E-state index < -0.39 is 0 Å². The fourth-order valence-corrected chi connectivity index (χ4v) is 9.74. The molecule has 5 unspecified atom stereocenters. The Morgan fingerprint density at radius 1 is 0.837 bits per heavy atom. The van der Waals surface area contributed by atoms with E-state index in [-0.39, 0.29) is 5.91 Å². The maximum Gasteiger partial charge on any atom is 0.219 e. The van der Waals surface area contributed by atoms with E-state index in [0.29, 0.717) is 23.3 Å². The Morgan fingerprint density at radius 3 is 2.05 bits per heavy atom. The lowest BCUT2D eigenvalue weighted by atomic mass is 9.57. The summed E-state index contributed by atoms with van der Waals surface area (Å²) >= 11 is 0. The van der Waals surface area contributed by atoms with Crippen molar-refractivity contribution in [3.8, 4) is 0 Å². The lowest BCUT2D eigenvalue weighted by Crippen LogP contribution is -2.44. The van der Waals surface area contributed by atoms with Gasteiger partial charge in [-0.05, 0) is 92.3 Å². The zero-order valence-electron chi connectivity index (χ0n) is 30.1. The molecule has 2 saturated carbocycles. The summed E-state index contributed by atoms with van der Waals surface area (Å²) < 4.78 is 0. The molecule has 0 aromatic rings. The van der Waals surface area contributed by atoms with E-state index >= 15 is 0 Å². The monoisotopic (exact) mass is 598 g/mol. The molecular weight excluding hydrogens is 522 g/mol. The summed E-state index contributed by atoms with van der Waals surface area (Å²) in [6, 6.07) is 0.363. The highest BCUT2D eigenvalue weighted by Crippen LogP contribution is 2.56. The van der Waals surface area contributed by atoms with E-state index in [4.69, 9.17) is 0 Å². The van der Waals surface area contributed by atoms with Gasteiger partial charge in [-0.1, -0.05) is 150 Å². The summed E-state index contributed by atoms with van der Waals surface area (Å²) in [5, 5.41) is 3.30. The van der Waals surface area contributed by atoms with Crippen LogP contribution in [0.15, 0.2) is 11.6 Å². The van der Waals surface area contributed by atoms with E-state index in [1.807, 2.05) is 6.92 Å². The zero-order valence-corrected chi connectivity index (χ0v) is 30.1. The molecule has 250 valence electrons. The van der Waals surface area contributed by atoms with Gasteiger partial charge in [-0.3, -0.25) is 4.79 Å². The molecule has 0 heterocycles. The smallest absolute Gasteiger partial charge is 0.219 e. The normalized spacial score (nSPS) is 29.8. The van der Waals surface area contributed by atoms with Crippen LogP contribution in [0.3, 0.4) is 0 Å². The van der Waals surface area contributed by atoms with Crippen molar-refractivity contribution >= 4 is 5.91 Å². The first-order valence-electron chi connectivity index (χ1n) is 19.7. The zero-order chi connectivity index (χ0) is 31.1. The summed E-state index contributed by atoms with van der Waals surface area (Å²) in [5.74, 6) is 3.76. The average molecular weight is 598 g/mol. The number of carbonyl (C=O) groups excluding carboxylic acids is 1. The Bertz CT molecular complexity index is 815. The van der Waals surface area contributed by atoms with Crippen LogP contribution >= 0.6 is 0 Å². The molecule has 1 N–H and O–H groups in total. The highest BCUT2D eigenvalue weighted by Gasteiger charge is 2.46. The van der Waals surface area contributed by atoms with Gasteiger partial charge in [0.05, 0.1) is 0 Å². The minimum absolute atomic E-state index is 0.222. The summed E-state index contributed by atoms with van der Waals surface area (Å²) in [6.07, 6.45) is 36.9. The molecule has 0 aromatic heterocycles. The molecule has 43 heavy (non-hydrogen) atoms. The molecule has 3 aliphatic rings. The Kier molecular flexibility index (Phi) is 16.2. The van der Waals surface area contributed by atoms with Gasteiger partial charge in [0, 0.05) is 12.5 Å². The Balaban J connectivity index is 1.29. The van der Waals surface area contributed by atoms with Crippen molar-refractivity contribution in [1.82, 2.24) is 5.32 Å². The third-order valence-electron chi connectivity index (χ3n) is 12.8. The van der Waals surface area contributed by atoms with Crippen LogP contribution in [0.1, 0.15) is 202 Å². The van der Waals surface area contributed by atoms with Gasteiger partial charge >= 0.3 is 0 Å².